The van der Waals surface area contributed by atoms with Crippen molar-refractivity contribution in [2.24, 2.45) is 5.14 Å². The van der Waals surface area contributed by atoms with Crippen molar-refractivity contribution in [3.8, 4) is 11.3 Å². The highest BCUT2D eigenvalue weighted by Gasteiger charge is 2.16. The molecule has 0 aliphatic carbocycles. The lowest BCUT2D eigenvalue weighted by Crippen LogP contribution is -2.15. The molecule has 130 valence electrons. The Morgan fingerprint density at radius 3 is 2.00 bits per heavy atom. The van der Waals surface area contributed by atoms with E-state index in [2.05, 4.69) is 9.71 Å². The first-order valence-corrected chi connectivity index (χ1v) is 9.93. The molecule has 0 bridgehead atoms. The fourth-order valence-corrected chi connectivity index (χ4v) is 3.66. The Hall–Kier alpha value is -2.69. The van der Waals surface area contributed by atoms with Crippen LogP contribution in [-0.4, -0.2) is 21.8 Å². The van der Waals surface area contributed by atoms with Crippen LogP contribution in [0.3, 0.4) is 0 Å². The molecule has 1 aromatic heterocycles. The number of oxazole rings is 1. The minimum absolute atomic E-state index is 0.0841. The fourth-order valence-electron chi connectivity index (χ4n) is 2.08. The maximum Gasteiger partial charge on any atom is 0.261 e. The van der Waals surface area contributed by atoms with Crippen LogP contribution in [-0.2, 0) is 20.0 Å². The molecule has 0 aliphatic heterocycles. The van der Waals surface area contributed by atoms with E-state index < -0.39 is 20.0 Å². The number of nitrogens with zero attached hydrogens (tertiary/aromatic N) is 1. The van der Waals surface area contributed by atoms with E-state index >= 15 is 0 Å². The molecule has 0 spiro atoms. The van der Waals surface area contributed by atoms with Crippen molar-refractivity contribution in [2.45, 2.75) is 9.79 Å². The van der Waals surface area contributed by atoms with E-state index in [1.165, 1.54) is 18.5 Å². The molecule has 3 rings (SSSR count). The molecule has 10 heteroatoms. The number of benzene rings is 2. The van der Waals surface area contributed by atoms with Gasteiger partial charge in [-0.2, -0.15) is 0 Å². The summed E-state index contributed by atoms with van der Waals surface area (Å²) in [5.41, 5.74) is 1.09. The van der Waals surface area contributed by atoms with Crippen LogP contribution in [0.2, 0.25) is 0 Å². The van der Waals surface area contributed by atoms with Gasteiger partial charge in [0.15, 0.2) is 12.2 Å². The van der Waals surface area contributed by atoms with Gasteiger partial charge < -0.3 is 4.42 Å². The molecule has 3 N–H and O–H groups in total. The molecular weight excluding hydrogens is 366 g/mol. The van der Waals surface area contributed by atoms with Gasteiger partial charge in [0, 0.05) is 11.3 Å². The number of rotatable bonds is 5. The van der Waals surface area contributed by atoms with Gasteiger partial charge in [-0.15, -0.1) is 0 Å². The summed E-state index contributed by atoms with van der Waals surface area (Å²) >= 11 is 0. The van der Waals surface area contributed by atoms with Crippen LogP contribution in [0.1, 0.15) is 0 Å². The molecule has 0 amide bonds. The van der Waals surface area contributed by atoms with Crippen LogP contribution in [0.15, 0.2) is 75.3 Å². The molecule has 0 saturated carbocycles. The molecular formula is C15H13N3O5S2. The number of nitrogens with two attached hydrogens (primary N) is 1. The molecule has 0 atom stereocenters. The zero-order valence-corrected chi connectivity index (χ0v) is 14.3. The monoisotopic (exact) mass is 379 g/mol. The van der Waals surface area contributed by atoms with Crippen LogP contribution in [0.25, 0.3) is 11.3 Å². The normalized spacial score (nSPS) is 12.0. The highest BCUT2D eigenvalue weighted by atomic mass is 32.2. The topological polar surface area (TPSA) is 132 Å². The van der Waals surface area contributed by atoms with Crippen molar-refractivity contribution in [3.63, 3.8) is 0 Å². The Morgan fingerprint density at radius 1 is 0.880 bits per heavy atom. The van der Waals surface area contributed by atoms with Gasteiger partial charge in [0.25, 0.3) is 10.0 Å². The quantitative estimate of drug-likeness (QED) is 0.694. The molecule has 1 heterocycles. The van der Waals surface area contributed by atoms with Gasteiger partial charge in [0.1, 0.15) is 0 Å². The van der Waals surface area contributed by atoms with Gasteiger partial charge in [-0.05, 0) is 48.5 Å². The zero-order valence-electron chi connectivity index (χ0n) is 12.7. The van der Waals surface area contributed by atoms with Crippen LogP contribution in [0, 0.1) is 0 Å². The molecule has 2 aromatic carbocycles. The van der Waals surface area contributed by atoms with E-state index in [-0.39, 0.29) is 9.79 Å². The molecule has 0 unspecified atom stereocenters. The highest BCUT2D eigenvalue weighted by Crippen LogP contribution is 2.23. The first-order valence-electron chi connectivity index (χ1n) is 6.90. The number of anilines is 1. The first-order chi connectivity index (χ1) is 11.8. The van der Waals surface area contributed by atoms with Crippen LogP contribution in [0.4, 0.5) is 5.69 Å². The molecule has 0 saturated heterocycles. The van der Waals surface area contributed by atoms with E-state index in [4.69, 9.17) is 9.56 Å². The number of nitrogens with one attached hydrogen (secondary N) is 1. The average Bonchev–Trinajstić information content (AvgIpc) is 3.09. The zero-order chi connectivity index (χ0) is 18.1. The number of hydrogen-bond acceptors (Lipinski definition) is 6. The molecule has 3 aromatic rings. The smallest absolute Gasteiger partial charge is 0.261 e. The summed E-state index contributed by atoms with van der Waals surface area (Å²) in [6.45, 7) is 0. The van der Waals surface area contributed by atoms with E-state index in [0.717, 1.165) is 17.7 Å². The maximum atomic E-state index is 12.4. The Bertz CT molecular complexity index is 1070. The lowest BCUT2D eigenvalue weighted by Gasteiger charge is -2.09. The van der Waals surface area contributed by atoms with E-state index in [0.29, 0.717) is 11.4 Å². The highest BCUT2D eigenvalue weighted by molar-refractivity contribution is 7.92. The SMILES string of the molecule is NS(=O)(=O)c1ccc(S(=O)(=O)Nc2ccc(-c3cnco3)cc2)cc1. The molecule has 8 nitrogen and oxygen atoms in total. The van der Waals surface area contributed by atoms with Gasteiger partial charge >= 0.3 is 0 Å². The Labute approximate surface area is 144 Å². The van der Waals surface area contributed by atoms with Gasteiger partial charge in [-0.3, -0.25) is 4.72 Å². The Morgan fingerprint density at radius 2 is 1.48 bits per heavy atom. The van der Waals surface area contributed by atoms with Crippen molar-refractivity contribution < 1.29 is 21.3 Å². The summed E-state index contributed by atoms with van der Waals surface area (Å²) in [4.78, 5) is 3.57. The van der Waals surface area contributed by atoms with E-state index in [1.807, 2.05) is 0 Å². The summed E-state index contributed by atoms with van der Waals surface area (Å²) < 4.78 is 54.7. The van der Waals surface area contributed by atoms with Crippen LogP contribution in [0.5, 0.6) is 0 Å². The van der Waals surface area contributed by atoms with E-state index in [9.17, 15) is 16.8 Å². The van der Waals surface area contributed by atoms with Crippen LogP contribution < -0.4 is 9.86 Å². The number of hydrogen-bond donors (Lipinski definition) is 2. The molecule has 0 radical (unpaired) electrons. The second-order valence-electron chi connectivity index (χ2n) is 5.06. The largest absolute Gasteiger partial charge is 0.444 e. The van der Waals surface area contributed by atoms with Crippen molar-refractivity contribution in [3.05, 3.63) is 61.1 Å². The van der Waals surface area contributed by atoms with Crippen LogP contribution >= 0.6 is 0 Å². The summed E-state index contributed by atoms with van der Waals surface area (Å²) in [5.74, 6) is 0.563. The van der Waals surface area contributed by atoms with Gasteiger partial charge in [0.2, 0.25) is 10.0 Å². The second kappa shape index (κ2) is 6.31. The lowest BCUT2D eigenvalue weighted by molar-refractivity contribution is 0.572. The van der Waals surface area contributed by atoms with Gasteiger partial charge in [0.05, 0.1) is 16.0 Å². The maximum absolute atomic E-state index is 12.4. The average molecular weight is 379 g/mol. The summed E-state index contributed by atoms with van der Waals surface area (Å²) in [5, 5.41) is 4.99. The van der Waals surface area contributed by atoms with Crippen molar-refractivity contribution in [2.75, 3.05) is 4.72 Å². The van der Waals surface area contributed by atoms with Crippen molar-refractivity contribution >= 4 is 25.7 Å². The summed E-state index contributed by atoms with van der Waals surface area (Å²) in [6.07, 6.45) is 2.85. The van der Waals surface area contributed by atoms with Gasteiger partial charge in [-0.25, -0.2) is 27.0 Å². The number of primary sulfonamides is 1. The standard InChI is InChI=1S/C15H13N3O5S2/c16-24(19,20)13-5-7-14(8-6-13)25(21,22)18-12-3-1-11(2-4-12)15-9-17-10-23-15/h1-10,18H,(H2,16,19,20). The number of sulfonamides is 2. The Kier molecular flexibility index (Phi) is 4.33. The fraction of sp³-hybridized carbons (Fsp3) is 0. The second-order valence-corrected chi connectivity index (χ2v) is 8.31. The van der Waals surface area contributed by atoms with E-state index in [1.54, 1.807) is 30.5 Å². The summed E-state index contributed by atoms with van der Waals surface area (Å²) in [6, 6.07) is 11.1. The predicted octanol–water partition coefficient (Wildman–Crippen LogP) is 1.79. The lowest BCUT2D eigenvalue weighted by atomic mass is 10.2. The molecule has 25 heavy (non-hydrogen) atoms. The van der Waals surface area contributed by atoms with Crippen molar-refractivity contribution in [1.29, 1.82) is 0 Å². The molecule has 0 aliphatic rings. The third-order valence-electron chi connectivity index (χ3n) is 3.32. The third kappa shape index (κ3) is 3.87. The summed E-state index contributed by atoms with van der Waals surface area (Å²) in [7, 11) is -7.74. The minimum atomic E-state index is -3.88. The third-order valence-corrected chi connectivity index (χ3v) is 5.64. The first kappa shape index (κ1) is 17.1. The minimum Gasteiger partial charge on any atom is -0.444 e. The molecule has 0 fully saturated rings. The van der Waals surface area contributed by atoms with Crippen molar-refractivity contribution in [1.82, 2.24) is 4.98 Å². The predicted molar refractivity (Wildman–Crippen MR) is 90.6 cm³/mol. The Balaban J connectivity index is 1.81. The number of aromatic nitrogens is 1. The van der Waals surface area contributed by atoms with Gasteiger partial charge in [-0.1, -0.05) is 0 Å².